The van der Waals surface area contributed by atoms with E-state index >= 15 is 0 Å². The molecule has 0 spiro atoms. The summed E-state index contributed by atoms with van der Waals surface area (Å²) in [6, 6.07) is 0. The number of rotatable bonds is 1. The molecule has 1 fully saturated rings. The maximum Gasteiger partial charge on any atom is 0.417 e. The molecule has 2 unspecified atom stereocenters. The van der Waals surface area contributed by atoms with E-state index in [-0.39, 0.29) is 0 Å². The van der Waals surface area contributed by atoms with Crippen molar-refractivity contribution in [1.29, 1.82) is 0 Å². The Kier molecular flexibility index (Phi) is 2.02. The Balaban J connectivity index is 2.35. The zero-order valence-electron chi connectivity index (χ0n) is 5.54. The largest absolute Gasteiger partial charge is 0.417 e. The average molecular weight is 194 g/mol. The van der Waals surface area contributed by atoms with Crippen LogP contribution in [0.2, 0.25) is 0 Å². The molecule has 12 heavy (non-hydrogen) atoms. The Labute approximate surface area is 63.3 Å². The van der Waals surface area contributed by atoms with E-state index in [9.17, 15) is 26.3 Å². The van der Waals surface area contributed by atoms with Gasteiger partial charge < -0.3 is 4.74 Å². The number of hydrogen-bond donors (Lipinski definition) is 0. The van der Waals surface area contributed by atoms with Crippen molar-refractivity contribution >= 4 is 0 Å². The highest BCUT2D eigenvalue weighted by molar-refractivity contribution is 4.92. The van der Waals surface area contributed by atoms with Crippen LogP contribution in [0.4, 0.5) is 26.3 Å². The van der Waals surface area contributed by atoms with Crippen molar-refractivity contribution < 1.29 is 31.1 Å². The molecular weight excluding hydrogens is 190 g/mol. The third-order valence-electron chi connectivity index (χ3n) is 1.34. The molecule has 0 amide bonds. The molecule has 72 valence electrons. The minimum atomic E-state index is -4.67. The van der Waals surface area contributed by atoms with Crippen LogP contribution in [0.5, 0.6) is 0 Å². The molecule has 0 aliphatic carbocycles. The van der Waals surface area contributed by atoms with Crippen LogP contribution in [-0.4, -0.2) is 24.6 Å². The summed E-state index contributed by atoms with van der Waals surface area (Å²) in [4.78, 5) is 0. The molecule has 0 N–H and O–H groups in total. The summed E-state index contributed by atoms with van der Waals surface area (Å²) in [6.45, 7) is 0. The van der Waals surface area contributed by atoms with Crippen molar-refractivity contribution in [3.63, 3.8) is 0 Å². The molecule has 1 saturated heterocycles. The highest BCUT2D eigenvalue weighted by Gasteiger charge is 2.60. The van der Waals surface area contributed by atoms with Gasteiger partial charge in [0.25, 0.3) is 0 Å². The molecule has 1 rings (SSSR count). The van der Waals surface area contributed by atoms with Gasteiger partial charge in [-0.1, -0.05) is 0 Å². The van der Waals surface area contributed by atoms with Crippen LogP contribution < -0.4 is 0 Å². The lowest BCUT2D eigenvalue weighted by Crippen LogP contribution is -2.21. The summed E-state index contributed by atoms with van der Waals surface area (Å²) >= 11 is 0. The van der Waals surface area contributed by atoms with Gasteiger partial charge in [-0.25, -0.2) is 0 Å². The lowest BCUT2D eigenvalue weighted by molar-refractivity contribution is -0.149. The van der Waals surface area contributed by atoms with Crippen LogP contribution >= 0.6 is 0 Å². The van der Waals surface area contributed by atoms with Crippen LogP contribution in [0.3, 0.4) is 0 Å². The second kappa shape index (κ2) is 2.51. The normalized spacial score (nSPS) is 30.5. The van der Waals surface area contributed by atoms with E-state index in [1.165, 1.54) is 0 Å². The predicted molar refractivity (Wildman–Crippen MR) is 25.4 cm³/mol. The fourth-order valence-electron chi connectivity index (χ4n) is 0.814. The van der Waals surface area contributed by atoms with Gasteiger partial charge in [0.2, 0.25) is 0 Å². The maximum absolute atomic E-state index is 11.6. The number of ether oxygens (including phenoxy) is 1. The summed E-state index contributed by atoms with van der Waals surface area (Å²) in [7, 11) is 0. The second-order valence-electron chi connectivity index (χ2n) is 2.46. The molecule has 0 aromatic heterocycles. The van der Waals surface area contributed by atoms with Gasteiger partial charge in [-0.2, -0.15) is 26.3 Å². The number of epoxide rings is 1. The van der Waals surface area contributed by atoms with Crippen molar-refractivity contribution in [3.05, 3.63) is 0 Å². The Morgan fingerprint density at radius 3 is 1.75 bits per heavy atom. The van der Waals surface area contributed by atoms with Crippen molar-refractivity contribution in [1.82, 2.24) is 0 Å². The summed E-state index contributed by atoms with van der Waals surface area (Å²) in [5.74, 6) is 0. The Morgan fingerprint density at radius 1 is 1.00 bits per heavy atom. The minimum Gasteiger partial charge on any atom is -0.359 e. The fourth-order valence-corrected chi connectivity index (χ4v) is 0.814. The number of halogens is 6. The molecule has 1 nitrogen and oxygen atoms in total. The standard InChI is InChI=1S/C5H4F6O/c6-4(7,8)1-2-3(12-2)5(9,10)11/h2-3H,1H2. The first-order valence-corrected chi connectivity index (χ1v) is 2.99. The number of alkyl halides is 6. The molecule has 1 heterocycles. The molecule has 0 aromatic rings. The quantitative estimate of drug-likeness (QED) is 0.460. The Morgan fingerprint density at radius 2 is 1.50 bits per heavy atom. The highest BCUT2D eigenvalue weighted by atomic mass is 19.4. The molecule has 7 heteroatoms. The first-order chi connectivity index (χ1) is 5.20. The predicted octanol–water partition coefficient (Wildman–Crippen LogP) is 2.27. The molecule has 1 aliphatic heterocycles. The first kappa shape index (κ1) is 9.63. The molecule has 2 atom stereocenters. The molecule has 1 aliphatic rings. The summed E-state index contributed by atoms with van der Waals surface area (Å²) in [6.07, 6.45) is -14.7. The van der Waals surface area contributed by atoms with Gasteiger partial charge in [-0.15, -0.1) is 0 Å². The monoisotopic (exact) mass is 194 g/mol. The van der Waals surface area contributed by atoms with Crippen LogP contribution in [-0.2, 0) is 4.74 Å². The van der Waals surface area contributed by atoms with Gasteiger partial charge in [0.1, 0.15) is 6.10 Å². The van der Waals surface area contributed by atoms with Crippen molar-refractivity contribution in [3.8, 4) is 0 Å². The van der Waals surface area contributed by atoms with Gasteiger partial charge in [0.05, 0.1) is 6.42 Å². The van der Waals surface area contributed by atoms with Crippen molar-refractivity contribution in [2.45, 2.75) is 31.0 Å². The van der Waals surface area contributed by atoms with Crippen molar-refractivity contribution in [2.24, 2.45) is 0 Å². The van der Waals surface area contributed by atoms with E-state index in [1.807, 2.05) is 0 Å². The molecular formula is C5H4F6O. The van der Waals surface area contributed by atoms with Crippen LogP contribution in [0.1, 0.15) is 6.42 Å². The van der Waals surface area contributed by atoms with E-state index in [4.69, 9.17) is 0 Å². The smallest absolute Gasteiger partial charge is 0.359 e. The lowest BCUT2D eigenvalue weighted by Gasteiger charge is -2.03. The van der Waals surface area contributed by atoms with Gasteiger partial charge >= 0.3 is 12.4 Å². The Hall–Kier alpha value is -0.460. The maximum atomic E-state index is 11.6. The molecule has 0 radical (unpaired) electrons. The lowest BCUT2D eigenvalue weighted by atomic mass is 10.2. The third kappa shape index (κ3) is 2.54. The van der Waals surface area contributed by atoms with E-state index in [1.54, 1.807) is 0 Å². The molecule has 0 bridgehead atoms. The van der Waals surface area contributed by atoms with Crippen LogP contribution in [0, 0.1) is 0 Å². The molecule has 0 saturated carbocycles. The van der Waals surface area contributed by atoms with E-state index in [2.05, 4.69) is 4.74 Å². The Bertz CT molecular complexity index is 170. The first-order valence-electron chi connectivity index (χ1n) is 2.99. The fraction of sp³-hybridized carbons (Fsp3) is 1.00. The van der Waals surface area contributed by atoms with E-state index in [0.717, 1.165) is 0 Å². The second-order valence-corrected chi connectivity index (χ2v) is 2.46. The summed E-state index contributed by atoms with van der Waals surface area (Å²) < 4.78 is 72.9. The average Bonchev–Trinajstić information content (AvgIpc) is 2.37. The zero-order chi connectivity index (χ0) is 9.57. The van der Waals surface area contributed by atoms with Crippen molar-refractivity contribution in [2.75, 3.05) is 0 Å². The summed E-state index contributed by atoms with van der Waals surface area (Å²) in [5, 5.41) is 0. The molecule has 0 aromatic carbocycles. The highest BCUT2D eigenvalue weighted by Crippen LogP contribution is 2.42. The SMILES string of the molecule is FC(F)(F)CC1OC1C(F)(F)F. The van der Waals surface area contributed by atoms with Crippen LogP contribution in [0.15, 0.2) is 0 Å². The van der Waals surface area contributed by atoms with Gasteiger partial charge in [0.15, 0.2) is 6.10 Å². The summed E-state index contributed by atoms with van der Waals surface area (Å²) in [5.41, 5.74) is 0. The number of hydrogen-bond acceptors (Lipinski definition) is 1. The van der Waals surface area contributed by atoms with E-state index < -0.39 is 31.0 Å². The third-order valence-corrected chi connectivity index (χ3v) is 1.34. The zero-order valence-corrected chi connectivity index (χ0v) is 5.54. The van der Waals surface area contributed by atoms with Gasteiger partial charge in [0, 0.05) is 0 Å². The van der Waals surface area contributed by atoms with Gasteiger partial charge in [-0.05, 0) is 0 Å². The van der Waals surface area contributed by atoms with Gasteiger partial charge in [-0.3, -0.25) is 0 Å². The van der Waals surface area contributed by atoms with Crippen LogP contribution in [0.25, 0.3) is 0 Å². The van der Waals surface area contributed by atoms with E-state index in [0.29, 0.717) is 0 Å². The minimum absolute atomic E-state index is 1.53. The topological polar surface area (TPSA) is 12.5 Å².